The average Bonchev–Trinajstić information content (AvgIpc) is 3.52. The molecule has 0 atom stereocenters. The Kier molecular flexibility index (Phi) is 5.62. The van der Waals surface area contributed by atoms with Gasteiger partial charge < -0.3 is 15.4 Å². The maximum absolute atomic E-state index is 6.55. The molecule has 5 rings (SSSR count). The van der Waals surface area contributed by atoms with Gasteiger partial charge in [-0.1, -0.05) is 41.4 Å². The van der Waals surface area contributed by atoms with Crippen molar-refractivity contribution in [2.75, 3.05) is 24.3 Å². The summed E-state index contributed by atoms with van der Waals surface area (Å²) in [5, 5.41) is 5.52. The number of rotatable bonds is 7. The van der Waals surface area contributed by atoms with Gasteiger partial charge in [-0.3, -0.25) is 0 Å². The van der Waals surface area contributed by atoms with Gasteiger partial charge in [0.15, 0.2) is 5.65 Å². The summed E-state index contributed by atoms with van der Waals surface area (Å²) in [5.41, 5.74) is 12.1. The zero-order chi connectivity index (χ0) is 23.1. The highest BCUT2D eigenvalue weighted by Crippen LogP contribution is 2.36. The molecule has 2 N–H and O–H groups in total. The van der Waals surface area contributed by atoms with Crippen LogP contribution in [0.3, 0.4) is 0 Å². The van der Waals surface area contributed by atoms with Crippen LogP contribution in [0.4, 0.5) is 11.6 Å². The zero-order valence-electron chi connectivity index (χ0n) is 19.2. The van der Waals surface area contributed by atoms with E-state index in [4.69, 9.17) is 27.2 Å². The second-order valence-electron chi connectivity index (χ2n) is 8.90. The van der Waals surface area contributed by atoms with E-state index >= 15 is 0 Å². The summed E-state index contributed by atoms with van der Waals surface area (Å²) in [6, 6.07) is 16.2. The Morgan fingerprint density at radius 1 is 1.12 bits per heavy atom. The van der Waals surface area contributed by atoms with Crippen molar-refractivity contribution in [3.05, 3.63) is 70.2 Å². The van der Waals surface area contributed by atoms with Crippen LogP contribution in [0.1, 0.15) is 29.5 Å². The molecule has 0 amide bonds. The van der Waals surface area contributed by atoms with E-state index in [0.29, 0.717) is 28.2 Å². The molecule has 33 heavy (non-hydrogen) atoms. The Labute approximate surface area is 199 Å². The predicted molar refractivity (Wildman–Crippen MR) is 134 cm³/mol. The first-order chi connectivity index (χ1) is 15.9. The molecule has 0 radical (unpaired) electrons. The molecule has 4 aromatic rings. The monoisotopic (exact) mass is 461 g/mol. The molecular weight excluding hydrogens is 434 g/mol. The second kappa shape index (κ2) is 8.60. The molecule has 0 saturated heterocycles. The minimum Gasteiger partial charge on any atom is -0.497 e. The standard InChI is InChI=1S/C26H28ClN5O/c1-16-4-6-18(7-5-16)14-31(15-19-8-9-19)26-17(2)25(28)29-24-13-23(30-32(24)26)21-11-10-20(33-3)12-22(21)27/h4-7,10-13,19H,8-9,14-15H2,1-3H3,(H2,28,29). The van der Waals surface area contributed by atoms with Crippen molar-refractivity contribution in [1.29, 1.82) is 0 Å². The number of aryl methyl sites for hydroxylation is 1. The Balaban J connectivity index is 1.62. The van der Waals surface area contributed by atoms with Crippen molar-refractivity contribution in [2.24, 2.45) is 5.92 Å². The van der Waals surface area contributed by atoms with Crippen LogP contribution in [-0.2, 0) is 6.54 Å². The lowest BCUT2D eigenvalue weighted by atomic mass is 10.1. The molecule has 1 saturated carbocycles. The number of halogens is 1. The summed E-state index contributed by atoms with van der Waals surface area (Å²) < 4.78 is 7.20. The topological polar surface area (TPSA) is 68.7 Å². The summed E-state index contributed by atoms with van der Waals surface area (Å²) in [5.74, 6) is 2.92. The van der Waals surface area contributed by atoms with Crippen molar-refractivity contribution in [3.63, 3.8) is 0 Å². The maximum Gasteiger partial charge on any atom is 0.160 e. The van der Waals surface area contributed by atoms with Crippen molar-refractivity contribution >= 4 is 28.9 Å². The maximum atomic E-state index is 6.55. The molecule has 0 bridgehead atoms. The van der Waals surface area contributed by atoms with Gasteiger partial charge in [0.1, 0.15) is 17.4 Å². The first kappa shape index (κ1) is 21.6. The lowest BCUT2D eigenvalue weighted by Gasteiger charge is -2.27. The van der Waals surface area contributed by atoms with Gasteiger partial charge in [0, 0.05) is 30.3 Å². The largest absolute Gasteiger partial charge is 0.497 e. The molecule has 6 nitrogen and oxygen atoms in total. The fraction of sp³-hybridized carbons (Fsp3) is 0.308. The van der Waals surface area contributed by atoms with Crippen LogP contribution >= 0.6 is 11.6 Å². The Bertz CT molecular complexity index is 1310. The molecule has 0 spiro atoms. The summed E-state index contributed by atoms with van der Waals surface area (Å²) in [6.45, 7) is 5.88. The fourth-order valence-corrected chi connectivity index (χ4v) is 4.44. The van der Waals surface area contributed by atoms with Crippen LogP contribution in [0.15, 0.2) is 48.5 Å². The molecule has 1 aliphatic rings. The molecule has 2 aromatic carbocycles. The van der Waals surface area contributed by atoms with E-state index in [0.717, 1.165) is 35.7 Å². The van der Waals surface area contributed by atoms with Gasteiger partial charge in [0.2, 0.25) is 0 Å². The van der Waals surface area contributed by atoms with Gasteiger partial charge in [-0.05, 0) is 56.4 Å². The average molecular weight is 462 g/mol. The lowest BCUT2D eigenvalue weighted by molar-refractivity contribution is 0.415. The summed E-state index contributed by atoms with van der Waals surface area (Å²) in [6.07, 6.45) is 2.53. The summed E-state index contributed by atoms with van der Waals surface area (Å²) in [4.78, 5) is 7.02. The highest BCUT2D eigenvalue weighted by molar-refractivity contribution is 6.33. The number of benzene rings is 2. The van der Waals surface area contributed by atoms with E-state index in [2.05, 4.69) is 41.1 Å². The third kappa shape index (κ3) is 4.35. The number of nitrogens with two attached hydrogens (primary N) is 1. The van der Waals surface area contributed by atoms with Gasteiger partial charge in [-0.25, -0.2) is 4.98 Å². The van der Waals surface area contributed by atoms with E-state index in [-0.39, 0.29) is 0 Å². The van der Waals surface area contributed by atoms with Crippen LogP contribution in [0.25, 0.3) is 16.9 Å². The molecule has 1 fully saturated rings. The van der Waals surface area contributed by atoms with E-state index in [9.17, 15) is 0 Å². The number of hydrogen-bond acceptors (Lipinski definition) is 5. The fourth-order valence-electron chi connectivity index (χ4n) is 4.17. The number of anilines is 2. The van der Waals surface area contributed by atoms with Gasteiger partial charge in [0.25, 0.3) is 0 Å². The van der Waals surface area contributed by atoms with Crippen molar-refractivity contribution in [2.45, 2.75) is 33.2 Å². The zero-order valence-corrected chi connectivity index (χ0v) is 19.9. The molecule has 7 heteroatoms. The molecule has 0 aliphatic heterocycles. The molecule has 2 heterocycles. The minimum absolute atomic E-state index is 0.523. The SMILES string of the molecule is COc1ccc(-c2cc3nc(N)c(C)c(N(Cc4ccc(C)cc4)CC4CC4)n3n2)c(Cl)c1. The number of methoxy groups -OCH3 is 1. The van der Waals surface area contributed by atoms with Crippen molar-refractivity contribution in [1.82, 2.24) is 14.6 Å². The Morgan fingerprint density at radius 3 is 2.55 bits per heavy atom. The van der Waals surface area contributed by atoms with E-state index in [1.165, 1.54) is 24.0 Å². The molecular formula is C26H28ClN5O. The normalized spacial score (nSPS) is 13.5. The summed E-state index contributed by atoms with van der Waals surface area (Å²) >= 11 is 6.55. The van der Waals surface area contributed by atoms with Crippen LogP contribution in [0.2, 0.25) is 5.02 Å². The molecule has 170 valence electrons. The Hall–Kier alpha value is -3.25. The third-order valence-electron chi connectivity index (χ3n) is 6.27. The van der Waals surface area contributed by atoms with E-state index in [1.54, 1.807) is 13.2 Å². The number of nitrogens with zero attached hydrogens (tertiary/aromatic N) is 4. The van der Waals surface area contributed by atoms with Crippen LogP contribution in [0.5, 0.6) is 5.75 Å². The molecule has 2 aromatic heterocycles. The third-order valence-corrected chi connectivity index (χ3v) is 6.58. The smallest absolute Gasteiger partial charge is 0.160 e. The van der Waals surface area contributed by atoms with Crippen LogP contribution in [0, 0.1) is 19.8 Å². The Morgan fingerprint density at radius 2 is 1.88 bits per heavy atom. The lowest BCUT2D eigenvalue weighted by Crippen LogP contribution is -2.29. The highest BCUT2D eigenvalue weighted by atomic mass is 35.5. The number of nitrogen functional groups attached to an aromatic ring is 1. The van der Waals surface area contributed by atoms with Crippen LogP contribution < -0.4 is 15.4 Å². The van der Waals surface area contributed by atoms with E-state index < -0.39 is 0 Å². The number of ether oxygens (including phenoxy) is 1. The first-order valence-corrected chi connectivity index (χ1v) is 11.6. The van der Waals surface area contributed by atoms with Gasteiger partial charge >= 0.3 is 0 Å². The van der Waals surface area contributed by atoms with Crippen LogP contribution in [-0.4, -0.2) is 28.3 Å². The van der Waals surface area contributed by atoms with Crippen molar-refractivity contribution < 1.29 is 4.74 Å². The quantitative estimate of drug-likeness (QED) is 0.383. The number of aromatic nitrogens is 3. The summed E-state index contributed by atoms with van der Waals surface area (Å²) in [7, 11) is 1.63. The van der Waals surface area contributed by atoms with Gasteiger partial charge in [0.05, 0.1) is 17.8 Å². The highest BCUT2D eigenvalue weighted by Gasteiger charge is 2.28. The van der Waals surface area contributed by atoms with Gasteiger partial charge in [-0.15, -0.1) is 0 Å². The minimum atomic E-state index is 0.523. The second-order valence-corrected chi connectivity index (χ2v) is 9.31. The molecule has 1 aliphatic carbocycles. The number of fused-ring (bicyclic) bond motifs is 1. The molecule has 0 unspecified atom stereocenters. The van der Waals surface area contributed by atoms with Gasteiger partial charge in [-0.2, -0.15) is 9.61 Å². The van der Waals surface area contributed by atoms with Crippen molar-refractivity contribution in [3.8, 4) is 17.0 Å². The van der Waals surface area contributed by atoms with E-state index in [1.807, 2.05) is 29.6 Å². The predicted octanol–water partition coefficient (Wildman–Crippen LogP) is 5.67. The number of hydrogen-bond donors (Lipinski definition) is 1. The first-order valence-electron chi connectivity index (χ1n) is 11.2.